The SMILES string of the molecule is O=C(O)CCCC(=O)NC1=CN(N2CN=NC(c3ccccn3)=N2)CC=C1. The number of aliphatic carboxylic acids is 1. The van der Waals surface area contributed by atoms with E-state index in [1.54, 1.807) is 34.7 Å². The van der Waals surface area contributed by atoms with Crippen LogP contribution in [0.5, 0.6) is 0 Å². The van der Waals surface area contributed by atoms with Crippen molar-refractivity contribution in [3.63, 3.8) is 0 Å². The summed E-state index contributed by atoms with van der Waals surface area (Å²) in [6.07, 6.45) is 7.50. The minimum absolute atomic E-state index is 0.0295. The standard InChI is InChI=1S/C17H19N7O3/c25-15(7-3-8-16(26)27)20-13-5-4-10-23(11-13)24-12-19-21-17(22-24)14-6-1-2-9-18-14/h1-2,4-6,9,11H,3,7-8,10,12H2,(H,20,25)(H,26,27). The first kappa shape index (κ1) is 18.2. The van der Waals surface area contributed by atoms with Crippen LogP contribution >= 0.6 is 0 Å². The summed E-state index contributed by atoms with van der Waals surface area (Å²) in [5.74, 6) is -0.736. The van der Waals surface area contributed by atoms with Crippen molar-refractivity contribution in [1.82, 2.24) is 20.4 Å². The summed E-state index contributed by atoms with van der Waals surface area (Å²) in [4.78, 5) is 26.7. The molecule has 3 heterocycles. The lowest BCUT2D eigenvalue weighted by Crippen LogP contribution is -2.40. The number of hydrogen-bond donors (Lipinski definition) is 2. The first-order chi connectivity index (χ1) is 13.1. The van der Waals surface area contributed by atoms with E-state index >= 15 is 0 Å². The van der Waals surface area contributed by atoms with Crippen molar-refractivity contribution in [3.05, 3.63) is 54.1 Å². The monoisotopic (exact) mass is 369 g/mol. The molecule has 0 aliphatic carbocycles. The van der Waals surface area contributed by atoms with Crippen LogP contribution in [-0.2, 0) is 9.59 Å². The number of nitrogens with one attached hydrogen (secondary N) is 1. The smallest absolute Gasteiger partial charge is 0.303 e. The van der Waals surface area contributed by atoms with Crippen molar-refractivity contribution in [2.75, 3.05) is 13.2 Å². The van der Waals surface area contributed by atoms with Crippen LogP contribution in [0.25, 0.3) is 0 Å². The van der Waals surface area contributed by atoms with Crippen molar-refractivity contribution < 1.29 is 14.7 Å². The van der Waals surface area contributed by atoms with Crippen molar-refractivity contribution in [2.24, 2.45) is 15.3 Å². The molecular weight excluding hydrogens is 350 g/mol. The number of pyridine rings is 1. The molecule has 2 aliphatic heterocycles. The lowest BCUT2D eigenvalue weighted by Gasteiger charge is -2.32. The zero-order chi connectivity index (χ0) is 19.1. The Balaban J connectivity index is 1.62. The summed E-state index contributed by atoms with van der Waals surface area (Å²) in [5, 5.41) is 27.4. The van der Waals surface area contributed by atoms with E-state index in [4.69, 9.17) is 5.11 Å². The summed E-state index contributed by atoms with van der Waals surface area (Å²) >= 11 is 0. The first-order valence-electron chi connectivity index (χ1n) is 8.43. The molecule has 0 radical (unpaired) electrons. The molecule has 2 aliphatic rings. The van der Waals surface area contributed by atoms with Gasteiger partial charge in [0.2, 0.25) is 11.7 Å². The third-order valence-corrected chi connectivity index (χ3v) is 3.71. The van der Waals surface area contributed by atoms with E-state index in [1.807, 2.05) is 18.2 Å². The third kappa shape index (κ3) is 5.21. The van der Waals surface area contributed by atoms with Crippen LogP contribution in [0.4, 0.5) is 0 Å². The van der Waals surface area contributed by atoms with Gasteiger partial charge in [0.05, 0.1) is 12.2 Å². The van der Waals surface area contributed by atoms with Crippen molar-refractivity contribution >= 4 is 17.7 Å². The number of amidine groups is 1. The van der Waals surface area contributed by atoms with Gasteiger partial charge in [-0.2, -0.15) is 10.2 Å². The van der Waals surface area contributed by atoms with Gasteiger partial charge < -0.3 is 10.4 Å². The highest BCUT2D eigenvalue weighted by atomic mass is 16.4. The normalized spacial score (nSPS) is 16.0. The number of carboxylic acid groups (broad SMARTS) is 1. The van der Waals surface area contributed by atoms with Gasteiger partial charge in [0, 0.05) is 25.2 Å². The van der Waals surface area contributed by atoms with E-state index < -0.39 is 5.97 Å². The van der Waals surface area contributed by atoms with E-state index in [0.717, 1.165) is 0 Å². The fraction of sp³-hybridized carbons (Fsp3) is 0.294. The molecule has 10 heteroatoms. The van der Waals surface area contributed by atoms with E-state index in [-0.39, 0.29) is 25.4 Å². The van der Waals surface area contributed by atoms with Crippen LogP contribution in [0.15, 0.2) is 63.8 Å². The van der Waals surface area contributed by atoms with E-state index in [1.165, 1.54) is 0 Å². The maximum absolute atomic E-state index is 11.9. The Labute approximate surface area is 155 Å². The van der Waals surface area contributed by atoms with Gasteiger partial charge in [-0.1, -0.05) is 12.1 Å². The molecule has 1 aromatic rings. The molecule has 0 saturated carbocycles. The Kier molecular flexibility index (Phi) is 5.87. The fourth-order valence-electron chi connectivity index (χ4n) is 2.45. The highest BCUT2D eigenvalue weighted by Gasteiger charge is 2.18. The Hall–Kier alpha value is -3.56. The Bertz CT molecular complexity index is 817. The molecule has 2 N–H and O–H groups in total. The number of carbonyl (C=O) groups excluding carboxylic acids is 1. The van der Waals surface area contributed by atoms with Crippen LogP contribution < -0.4 is 5.32 Å². The van der Waals surface area contributed by atoms with Crippen LogP contribution in [0.3, 0.4) is 0 Å². The van der Waals surface area contributed by atoms with Gasteiger partial charge in [0.25, 0.3) is 0 Å². The van der Waals surface area contributed by atoms with Crippen molar-refractivity contribution in [1.29, 1.82) is 0 Å². The van der Waals surface area contributed by atoms with Crippen molar-refractivity contribution in [2.45, 2.75) is 19.3 Å². The number of aromatic nitrogens is 1. The van der Waals surface area contributed by atoms with Gasteiger partial charge in [-0.25, -0.2) is 0 Å². The van der Waals surface area contributed by atoms with Gasteiger partial charge in [-0.3, -0.25) is 19.6 Å². The number of azo groups is 1. The second-order valence-electron chi connectivity index (χ2n) is 5.80. The predicted molar refractivity (Wildman–Crippen MR) is 95.9 cm³/mol. The third-order valence-electron chi connectivity index (χ3n) is 3.71. The van der Waals surface area contributed by atoms with Crippen molar-refractivity contribution in [3.8, 4) is 0 Å². The number of allylic oxidation sites excluding steroid dienone is 1. The highest BCUT2D eigenvalue weighted by molar-refractivity contribution is 5.97. The van der Waals surface area contributed by atoms with Crippen LogP contribution in [0, 0.1) is 0 Å². The summed E-state index contributed by atoms with van der Waals surface area (Å²) in [6, 6.07) is 5.46. The number of hydrogen-bond acceptors (Lipinski definition) is 8. The molecular formula is C17H19N7O3. The average Bonchev–Trinajstić information content (AvgIpc) is 2.69. The van der Waals surface area contributed by atoms with Gasteiger partial charge in [-0.15, -0.1) is 10.2 Å². The average molecular weight is 369 g/mol. The quantitative estimate of drug-likeness (QED) is 0.750. The predicted octanol–water partition coefficient (Wildman–Crippen LogP) is 1.47. The van der Waals surface area contributed by atoms with Gasteiger partial charge in [0.15, 0.2) is 6.67 Å². The Morgan fingerprint density at radius 2 is 2.15 bits per heavy atom. The fourth-order valence-corrected chi connectivity index (χ4v) is 2.45. The molecule has 0 saturated heterocycles. The molecule has 0 unspecified atom stereocenters. The largest absolute Gasteiger partial charge is 0.481 e. The van der Waals surface area contributed by atoms with Crippen LogP contribution in [-0.4, -0.2) is 51.1 Å². The van der Waals surface area contributed by atoms with Crippen LogP contribution in [0.1, 0.15) is 25.0 Å². The molecule has 1 aromatic heterocycles. The maximum atomic E-state index is 11.9. The molecule has 0 spiro atoms. The number of carbonyl (C=O) groups is 2. The number of hydrazine groups is 1. The minimum Gasteiger partial charge on any atom is -0.481 e. The zero-order valence-corrected chi connectivity index (χ0v) is 14.5. The lowest BCUT2D eigenvalue weighted by molar-refractivity contribution is -0.137. The zero-order valence-electron chi connectivity index (χ0n) is 14.5. The van der Waals surface area contributed by atoms with E-state index in [2.05, 4.69) is 25.6 Å². The minimum atomic E-state index is -0.911. The molecule has 0 fully saturated rings. The first-order valence-corrected chi connectivity index (χ1v) is 8.43. The molecule has 10 nitrogen and oxygen atoms in total. The topological polar surface area (TPSA) is 123 Å². The highest BCUT2D eigenvalue weighted by Crippen LogP contribution is 2.14. The number of hydrazone groups is 1. The number of carboxylic acids is 1. The molecule has 0 bridgehead atoms. The second-order valence-corrected chi connectivity index (χ2v) is 5.80. The molecule has 1 amide bonds. The molecule has 140 valence electrons. The van der Waals surface area contributed by atoms with E-state index in [0.29, 0.717) is 30.2 Å². The second kappa shape index (κ2) is 8.70. The molecule has 27 heavy (non-hydrogen) atoms. The summed E-state index contributed by atoms with van der Waals surface area (Å²) < 4.78 is 0. The van der Waals surface area contributed by atoms with Gasteiger partial charge in [0.1, 0.15) is 5.69 Å². The Morgan fingerprint density at radius 3 is 2.93 bits per heavy atom. The van der Waals surface area contributed by atoms with E-state index in [9.17, 15) is 9.59 Å². The summed E-state index contributed by atoms with van der Waals surface area (Å²) in [5.41, 5.74) is 1.22. The molecule has 0 atom stereocenters. The lowest BCUT2D eigenvalue weighted by atomic mass is 10.2. The number of rotatable bonds is 7. The number of nitrogens with zero attached hydrogens (tertiary/aromatic N) is 6. The Morgan fingerprint density at radius 1 is 1.26 bits per heavy atom. The van der Waals surface area contributed by atoms with Gasteiger partial charge >= 0.3 is 5.97 Å². The maximum Gasteiger partial charge on any atom is 0.303 e. The molecule has 3 rings (SSSR count). The number of amides is 1. The summed E-state index contributed by atoms with van der Waals surface area (Å²) in [6.45, 7) is 0.813. The molecule has 0 aromatic carbocycles. The summed E-state index contributed by atoms with van der Waals surface area (Å²) in [7, 11) is 0. The van der Waals surface area contributed by atoms with Crippen LogP contribution in [0.2, 0.25) is 0 Å². The van der Waals surface area contributed by atoms with Gasteiger partial charge in [-0.05, 0) is 24.6 Å².